The number of fused-ring (bicyclic) bond motifs is 7. The fourth-order valence-electron chi connectivity index (χ4n) is 9.25. The molecule has 23 nitrogen and oxygen atoms in total. The molecule has 6 heterocycles. The van der Waals surface area contributed by atoms with Gasteiger partial charge in [-0.1, -0.05) is 19.6 Å². The monoisotopic (exact) mass is 1080 g/mol. The molecular weight excluding hydrogens is 1010 g/mol. The Morgan fingerprint density at radius 1 is 0.688 bits per heavy atom. The van der Waals surface area contributed by atoms with Crippen molar-refractivity contribution in [3.05, 3.63) is 94.9 Å². The van der Waals surface area contributed by atoms with E-state index in [1.54, 1.807) is 13.0 Å². The molecule has 8 bridgehead atoms. The van der Waals surface area contributed by atoms with Gasteiger partial charge in [0.15, 0.2) is 0 Å². The molecule has 4 aromatic heterocycles. The number of aliphatic imine (C=N–C) groups is 1. The number of carboxylic acids is 1. The molecule has 0 radical (unpaired) electrons. The van der Waals surface area contributed by atoms with Gasteiger partial charge in [-0.25, -0.2) is 4.99 Å². The highest BCUT2D eigenvalue weighted by atomic mass is 16.6. The molecule has 23 heteroatoms. The summed E-state index contributed by atoms with van der Waals surface area (Å²) < 4.78 is 36.6. The predicted molar refractivity (Wildman–Crippen MR) is 284 cm³/mol. The zero-order valence-corrected chi connectivity index (χ0v) is 44.2. The Morgan fingerprint density at radius 2 is 1.19 bits per heavy atom. The normalized spacial score (nSPS) is 16.2. The fraction of sp³-hybridized carbons (Fsp3) is 0.537. The number of aromatic hydroxyl groups is 1. The van der Waals surface area contributed by atoms with Crippen LogP contribution in [0.2, 0.25) is 0 Å². The summed E-state index contributed by atoms with van der Waals surface area (Å²) in [5.74, 6) is -1.69. The molecule has 0 spiro atoms. The summed E-state index contributed by atoms with van der Waals surface area (Å²) >= 11 is 0. The van der Waals surface area contributed by atoms with Crippen LogP contribution in [0.3, 0.4) is 0 Å². The van der Waals surface area contributed by atoms with Gasteiger partial charge in [0.1, 0.15) is 36.6 Å². The number of ether oxygens (including phenoxy) is 6. The highest BCUT2D eigenvalue weighted by molar-refractivity contribution is 6.23. The van der Waals surface area contributed by atoms with Crippen molar-refractivity contribution >= 4 is 46.9 Å². The highest BCUT2D eigenvalue weighted by Gasteiger charge is 2.34. The van der Waals surface area contributed by atoms with Crippen LogP contribution in [0.15, 0.2) is 33.2 Å². The SMILES string of the molecule is C=Cc1c2[nH]c(c1C)C=C1N=C(C(CCC(=O)O)=C1C)c1c(O)n(C(COC(COCC(O)CO)COCC(O)CO)COC(COCC(O)CO)COCC(O)CO)c(=O)c3c(C)c([nH]c13)C=c1[nH]c(c(C)c1CC)=C2. The topological polar surface area (TPSA) is 356 Å². The van der Waals surface area contributed by atoms with E-state index in [4.69, 9.17) is 33.4 Å². The van der Waals surface area contributed by atoms with E-state index < -0.39 is 99.7 Å². The molecule has 2 aliphatic rings. The third-order valence-electron chi connectivity index (χ3n) is 13.6. The summed E-state index contributed by atoms with van der Waals surface area (Å²) in [6, 6.07) is -1.28. The van der Waals surface area contributed by atoms with Crippen molar-refractivity contribution in [2.45, 2.75) is 96.5 Å². The van der Waals surface area contributed by atoms with Crippen LogP contribution in [0.5, 0.6) is 5.88 Å². The van der Waals surface area contributed by atoms with Gasteiger partial charge in [0.05, 0.1) is 126 Å². The number of aliphatic hydroxyl groups is 8. The molecule has 13 N–H and O–H groups in total. The van der Waals surface area contributed by atoms with Crippen LogP contribution in [0.1, 0.15) is 83.2 Å². The number of rotatable bonds is 32. The van der Waals surface area contributed by atoms with E-state index in [0.717, 1.165) is 43.2 Å². The minimum atomic E-state index is -1.28. The zero-order chi connectivity index (χ0) is 56.1. The van der Waals surface area contributed by atoms with Crippen LogP contribution >= 0.6 is 0 Å². The van der Waals surface area contributed by atoms with E-state index in [-0.39, 0.29) is 87.9 Å². The summed E-state index contributed by atoms with van der Waals surface area (Å²) in [6.07, 6.45) is 0.900. The number of H-pyrrole nitrogens is 3. The number of carbonyl (C=O) groups is 1. The van der Waals surface area contributed by atoms with E-state index in [9.17, 15) is 55.9 Å². The summed E-state index contributed by atoms with van der Waals surface area (Å²) in [5.41, 5.74) is 7.53. The van der Waals surface area contributed by atoms with E-state index in [2.05, 4.69) is 21.5 Å². The number of aliphatic hydroxyl groups excluding tert-OH is 8. The van der Waals surface area contributed by atoms with Crippen LogP contribution in [-0.2, 0) is 39.6 Å². The zero-order valence-electron chi connectivity index (χ0n) is 44.2. The number of pyridine rings is 1. The number of nitrogens with one attached hydrogen (secondary N) is 3. The molecule has 6 rings (SSSR count). The van der Waals surface area contributed by atoms with Crippen molar-refractivity contribution in [2.24, 2.45) is 4.99 Å². The van der Waals surface area contributed by atoms with Crippen molar-refractivity contribution in [1.29, 1.82) is 0 Å². The lowest BCUT2D eigenvalue weighted by Gasteiger charge is -2.28. The Hall–Kier alpha value is -5.61. The number of aryl methyl sites for hydroxylation is 1. The molecular formula is C54H75N5O18. The van der Waals surface area contributed by atoms with Crippen LogP contribution < -0.4 is 16.3 Å². The summed E-state index contributed by atoms with van der Waals surface area (Å²) in [5, 5.41) is 103. The third-order valence-corrected chi connectivity index (χ3v) is 13.6. The third kappa shape index (κ3) is 14.8. The van der Waals surface area contributed by atoms with Gasteiger partial charge in [0.25, 0.3) is 5.56 Å². The van der Waals surface area contributed by atoms with Crippen LogP contribution in [0.4, 0.5) is 0 Å². The maximum Gasteiger partial charge on any atom is 0.303 e. The van der Waals surface area contributed by atoms with Crippen molar-refractivity contribution < 1.29 is 84.3 Å². The molecule has 0 amide bonds. The standard InChI is InChI=1S/C54H75N5O18/c1-7-39-28(3)42-11-44-30(5)41(9-10-48(68)69)51(57-44)50-52-49(31(6)45(58-52)13-47-40(8-2)29(4)43(56-47)12-46(39)55-42)53(70)59(54(50)71)32(18-76-37(24-72-20-33(64)14-60)25-73-21-34(65)15-61)19-77-38(26-74-22-35(66)16-62)27-75-23-36(67)17-63/h7,11-13,32-38,55-56,58,60-67,71H,1,8-10,14-27H2,2-6H3,(H,68,69). The molecule has 0 aromatic carbocycles. The largest absolute Gasteiger partial charge is 0.494 e. The Kier molecular flexibility index (Phi) is 22.3. The molecule has 0 saturated carbocycles. The second-order valence-corrected chi connectivity index (χ2v) is 19.2. The second kappa shape index (κ2) is 28.3. The maximum atomic E-state index is 15.6. The second-order valence-electron chi connectivity index (χ2n) is 19.2. The average molecular weight is 1080 g/mol. The summed E-state index contributed by atoms with van der Waals surface area (Å²) in [6.45, 7) is 8.23. The number of aromatic amines is 3. The number of carboxylic acid groups (broad SMARTS) is 1. The van der Waals surface area contributed by atoms with Gasteiger partial charge in [-0.15, -0.1) is 0 Å². The number of allylic oxidation sites excluding steroid dienone is 2. The van der Waals surface area contributed by atoms with Gasteiger partial charge in [-0.2, -0.15) is 0 Å². The number of hydrogen-bond acceptors (Lipinski definition) is 18. The Morgan fingerprint density at radius 3 is 1.68 bits per heavy atom. The van der Waals surface area contributed by atoms with Crippen LogP contribution in [-0.4, -0.2) is 211 Å². The van der Waals surface area contributed by atoms with Gasteiger partial charge in [0, 0.05) is 39.8 Å². The Bertz CT molecular complexity index is 2890. The first-order valence-electron chi connectivity index (χ1n) is 25.6. The molecule has 0 fully saturated rings. The van der Waals surface area contributed by atoms with E-state index in [0.29, 0.717) is 40.2 Å². The number of aromatic nitrogens is 4. The molecule has 0 saturated heterocycles. The van der Waals surface area contributed by atoms with Gasteiger partial charge in [-0.05, 0) is 92.2 Å². The van der Waals surface area contributed by atoms with Crippen molar-refractivity contribution in [3.8, 4) is 5.88 Å². The van der Waals surface area contributed by atoms with Crippen molar-refractivity contribution in [1.82, 2.24) is 19.5 Å². The van der Waals surface area contributed by atoms with Gasteiger partial charge >= 0.3 is 5.97 Å². The minimum Gasteiger partial charge on any atom is -0.494 e. The summed E-state index contributed by atoms with van der Waals surface area (Å²) in [7, 11) is 0. The fourth-order valence-corrected chi connectivity index (χ4v) is 9.25. The molecule has 4 unspecified atom stereocenters. The van der Waals surface area contributed by atoms with Crippen molar-refractivity contribution in [2.75, 3.05) is 92.5 Å². The van der Waals surface area contributed by atoms with Crippen LogP contribution in [0.25, 0.3) is 35.2 Å². The Labute approximate surface area is 444 Å². The first kappa shape index (κ1) is 60.6. The van der Waals surface area contributed by atoms with Gasteiger partial charge < -0.3 is 94.4 Å². The van der Waals surface area contributed by atoms with E-state index in [1.165, 1.54) is 0 Å². The minimum absolute atomic E-state index is 0.0221. The maximum absolute atomic E-state index is 15.6. The summed E-state index contributed by atoms with van der Waals surface area (Å²) in [4.78, 5) is 43.6. The number of aliphatic carboxylic acids is 1. The first-order chi connectivity index (χ1) is 36.9. The molecule has 0 aliphatic carbocycles. The smallest absolute Gasteiger partial charge is 0.303 e. The molecule has 4 atom stereocenters. The van der Waals surface area contributed by atoms with Crippen LogP contribution in [0, 0.1) is 20.8 Å². The lowest BCUT2D eigenvalue weighted by molar-refractivity contribution is -0.136. The van der Waals surface area contributed by atoms with Crippen molar-refractivity contribution in [3.63, 3.8) is 0 Å². The molecule has 424 valence electrons. The number of nitrogens with zero attached hydrogens (tertiary/aromatic N) is 2. The highest BCUT2D eigenvalue weighted by Crippen LogP contribution is 2.39. The molecule has 4 aromatic rings. The quantitative estimate of drug-likeness (QED) is 0.0296. The average Bonchev–Trinajstić information content (AvgIpc) is 4.10. The lowest BCUT2D eigenvalue weighted by atomic mass is 9.94. The molecule has 77 heavy (non-hydrogen) atoms. The molecule has 2 aliphatic heterocycles. The first-order valence-corrected chi connectivity index (χ1v) is 25.6. The number of hydrogen-bond donors (Lipinski definition) is 13. The lowest BCUT2D eigenvalue weighted by Crippen LogP contribution is -2.38. The predicted octanol–water partition coefficient (Wildman–Crippen LogP) is -0.391. The van der Waals surface area contributed by atoms with E-state index in [1.807, 2.05) is 45.9 Å². The van der Waals surface area contributed by atoms with E-state index >= 15 is 4.79 Å². The Balaban J connectivity index is 1.62. The van der Waals surface area contributed by atoms with Gasteiger partial charge in [-0.3, -0.25) is 14.2 Å². The van der Waals surface area contributed by atoms with Gasteiger partial charge in [0.2, 0.25) is 5.88 Å².